The summed E-state index contributed by atoms with van der Waals surface area (Å²) in [6, 6.07) is 2.86. The zero-order valence-corrected chi connectivity index (χ0v) is 10.0. The van der Waals surface area contributed by atoms with Crippen LogP contribution in [0.2, 0.25) is 0 Å². The van der Waals surface area contributed by atoms with Gasteiger partial charge in [0.25, 0.3) is 0 Å². The molecule has 76 valence electrons. The van der Waals surface area contributed by atoms with Crippen LogP contribution < -0.4 is 0 Å². The standard InChI is InChI=1S/C9H8BrFO2S/c1-13-9(12)7-6(14-2)4-3-5(11)8(7)10/h3-4H,1-2H3. The topological polar surface area (TPSA) is 26.3 Å². The van der Waals surface area contributed by atoms with E-state index in [1.165, 1.54) is 24.9 Å². The van der Waals surface area contributed by atoms with Gasteiger partial charge in [-0.05, 0) is 34.3 Å². The second kappa shape index (κ2) is 4.79. The minimum atomic E-state index is -0.541. The quantitative estimate of drug-likeness (QED) is 0.614. The number of hydrogen-bond donors (Lipinski definition) is 0. The highest BCUT2D eigenvalue weighted by molar-refractivity contribution is 9.10. The predicted molar refractivity (Wildman–Crippen MR) is 57.2 cm³/mol. The number of methoxy groups -OCH3 is 1. The van der Waals surface area contributed by atoms with Crippen LogP contribution in [0.4, 0.5) is 4.39 Å². The van der Waals surface area contributed by atoms with Crippen molar-refractivity contribution in [3.63, 3.8) is 0 Å². The molecule has 0 saturated heterocycles. The summed E-state index contributed by atoms with van der Waals surface area (Å²) in [5.41, 5.74) is 0.236. The number of thioether (sulfide) groups is 1. The molecule has 0 heterocycles. The average molecular weight is 279 g/mol. The fraction of sp³-hybridized carbons (Fsp3) is 0.222. The number of halogens is 2. The van der Waals surface area contributed by atoms with Crippen LogP contribution in [-0.2, 0) is 4.74 Å². The van der Waals surface area contributed by atoms with E-state index in [4.69, 9.17) is 0 Å². The highest BCUT2D eigenvalue weighted by Gasteiger charge is 2.18. The van der Waals surface area contributed by atoms with Crippen molar-refractivity contribution >= 4 is 33.7 Å². The van der Waals surface area contributed by atoms with Crippen LogP contribution in [0.3, 0.4) is 0 Å². The molecule has 0 spiro atoms. The van der Waals surface area contributed by atoms with Gasteiger partial charge >= 0.3 is 5.97 Å². The SMILES string of the molecule is COC(=O)c1c(SC)ccc(F)c1Br. The second-order valence-electron chi connectivity index (χ2n) is 2.43. The van der Waals surface area contributed by atoms with Crippen molar-refractivity contribution in [3.8, 4) is 0 Å². The summed E-state index contributed by atoms with van der Waals surface area (Å²) < 4.78 is 17.8. The van der Waals surface area contributed by atoms with Crippen molar-refractivity contribution in [1.82, 2.24) is 0 Å². The van der Waals surface area contributed by atoms with Crippen LogP contribution in [0.1, 0.15) is 10.4 Å². The van der Waals surface area contributed by atoms with Crippen LogP contribution in [0.5, 0.6) is 0 Å². The van der Waals surface area contributed by atoms with Crippen LogP contribution in [0.15, 0.2) is 21.5 Å². The van der Waals surface area contributed by atoms with Gasteiger partial charge < -0.3 is 4.74 Å². The van der Waals surface area contributed by atoms with Crippen molar-refractivity contribution in [2.45, 2.75) is 4.90 Å². The highest BCUT2D eigenvalue weighted by atomic mass is 79.9. The summed E-state index contributed by atoms with van der Waals surface area (Å²) in [5, 5.41) is 0. The first-order valence-corrected chi connectivity index (χ1v) is 5.74. The minimum absolute atomic E-state index is 0.149. The molecule has 0 amide bonds. The number of esters is 1. The van der Waals surface area contributed by atoms with Crippen LogP contribution >= 0.6 is 27.7 Å². The van der Waals surface area contributed by atoms with Gasteiger partial charge in [0.1, 0.15) is 5.82 Å². The molecule has 0 radical (unpaired) electrons. The number of rotatable bonds is 2. The highest BCUT2D eigenvalue weighted by Crippen LogP contribution is 2.30. The summed E-state index contributed by atoms with van der Waals surface area (Å²) >= 11 is 4.39. The van der Waals surface area contributed by atoms with Gasteiger partial charge in [-0.15, -0.1) is 11.8 Å². The first-order chi connectivity index (χ1) is 6.61. The zero-order chi connectivity index (χ0) is 10.7. The van der Waals surface area contributed by atoms with Crippen molar-refractivity contribution in [2.24, 2.45) is 0 Å². The lowest BCUT2D eigenvalue weighted by Gasteiger charge is -2.07. The molecular formula is C9H8BrFO2S. The Bertz CT molecular complexity index is 368. The van der Waals surface area contributed by atoms with Crippen LogP contribution in [-0.4, -0.2) is 19.3 Å². The molecular weight excluding hydrogens is 271 g/mol. The molecule has 1 aromatic carbocycles. The lowest BCUT2D eigenvalue weighted by molar-refractivity contribution is 0.0595. The zero-order valence-electron chi connectivity index (χ0n) is 7.64. The van der Waals surface area contributed by atoms with Gasteiger partial charge in [-0.25, -0.2) is 9.18 Å². The smallest absolute Gasteiger partial charge is 0.340 e. The Morgan fingerprint density at radius 2 is 2.21 bits per heavy atom. The third-order valence-corrected chi connectivity index (χ3v) is 3.22. The molecule has 0 atom stereocenters. The van der Waals surface area contributed by atoms with Crippen molar-refractivity contribution < 1.29 is 13.9 Å². The summed E-state index contributed by atoms with van der Waals surface area (Å²) in [5.74, 6) is -1.01. The van der Waals surface area contributed by atoms with Gasteiger partial charge in [-0.1, -0.05) is 0 Å². The maximum atomic E-state index is 13.1. The van der Waals surface area contributed by atoms with E-state index in [1.807, 2.05) is 6.26 Å². The Labute approximate surface area is 94.0 Å². The Morgan fingerprint density at radius 1 is 1.57 bits per heavy atom. The van der Waals surface area contributed by atoms with Crippen LogP contribution in [0.25, 0.3) is 0 Å². The van der Waals surface area contributed by atoms with Crippen molar-refractivity contribution in [1.29, 1.82) is 0 Å². The first kappa shape index (κ1) is 11.5. The van der Waals surface area contributed by atoms with E-state index in [0.717, 1.165) is 0 Å². The molecule has 0 aromatic heterocycles. The Balaban J connectivity index is 3.35. The normalized spacial score (nSPS) is 10.0. The lowest BCUT2D eigenvalue weighted by Crippen LogP contribution is -2.05. The van der Waals surface area contributed by atoms with Gasteiger partial charge in [0, 0.05) is 4.90 Å². The van der Waals surface area contributed by atoms with E-state index in [9.17, 15) is 9.18 Å². The van der Waals surface area contributed by atoms with Gasteiger partial charge in [0.15, 0.2) is 0 Å². The van der Waals surface area contributed by atoms with E-state index in [0.29, 0.717) is 4.90 Å². The summed E-state index contributed by atoms with van der Waals surface area (Å²) in [4.78, 5) is 12.0. The monoisotopic (exact) mass is 278 g/mol. The predicted octanol–water partition coefficient (Wildman–Crippen LogP) is 3.10. The average Bonchev–Trinajstić information content (AvgIpc) is 2.20. The molecule has 0 saturated carbocycles. The van der Waals surface area contributed by atoms with Gasteiger partial charge in [0.2, 0.25) is 0 Å². The maximum Gasteiger partial charge on any atom is 0.340 e. The van der Waals surface area contributed by atoms with E-state index in [1.54, 1.807) is 6.07 Å². The molecule has 14 heavy (non-hydrogen) atoms. The van der Waals surface area contributed by atoms with Crippen LogP contribution in [0, 0.1) is 5.82 Å². The Hall–Kier alpha value is -0.550. The van der Waals surface area contributed by atoms with E-state index >= 15 is 0 Å². The Morgan fingerprint density at radius 3 is 2.71 bits per heavy atom. The maximum absolute atomic E-state index is 13.1. The fourth-order valence-electron chi connectivity index (χ4n) is 0.995. The molecule has 2 nitrogen and oxygen atoms in total. The Kier molecular flexibility index (Phi) is 3.95. The lowest BCUT2D eigenvalue weighted by atomic mass is 10.2. The molecule has 0 aliphatic carbocycles. The van der Waals surface area contributed by atoms with Crippen molar-refractivity contribution in [3.05, 3.63) is 28.0 Å². The second-order valence-corrected chi connectivity index (χ2v) is 4.07. The van der Waals surface area contributed by atoms with Gasteiger partial charge in [-0.2, -0.15) is 0 Å². The third kappa shape index (κ3) is 2.09. The number of benzene rings is 1. The fourth-order valence-corrected chi connectivity index (χ4v) is 2.23. The molecule has 0 fully saturated rings. The molecule has 0 aliphatic heterocycles. The van der Waals surface area contributed by atoms with Gasteiger partial charge in [0.05, 0.1) is 17.1 Å². The molecule has 1 rings (SSSR count). The number of hydrogen-bond acceptors (Lipinski definition) is 3. The summed E-state index contributed by atoms with van der Waals surface area (Å²) in [6.45, 7) is 0. The summed E-state index contributed by atoms with van der Waals surface area (Å²) in [7, 11) is 1.27. The third-order valence-electron chi connectivity index (χ3n) is 1.67. The number of carbonyl (C=O) groups is 1. The largest absolute Gasteiger partial charge is 0.465 e. The number of carbonyl (C=O) groups excluding carboxylic acids is 1. The minimum Gasteiger partial charge on any atom is -0.465 e. The molecule has 0 unspecified atom stereocenters. The molecule has 0 aliphatic rings. The van der Waals surface area contributed by atoms with Gasteiger partial charge in [-0.3, -0.25) is 0 Å². The molecule has 0 N–H and O–H groups in total. The van der Waals surface area contributed by atoms with E-state index < -0.39 is 11.8 Å². The first-order valence-electron chi connectivity index (χ1n) is 3.72. The molecule has 5 heteroatoms. The van der Waals surface area contributed by atoms with E-state index in [-0.39, 0.29) is 10.0 Å². The van der Waals surface area contributed by atoms with Crippen molar-refractivity contribution in [2.75, 3.05) is 13.4 Å². The summed E-state index contributed by atoms with van der Waals surface area (Å²) in [6.07, 6.45) is 1.81. The number of ether oxygens (including phenoxy) is 1. The van der Waals surface area contributed by atoms with E-state index in [2.05, 4.69) is 20.7 Å². The molecule has 1 aromatic rings. The molecule has 0 bridgehead atoms.